The Morgan fingerprint density at radius 1 is 1.00 bits per heavy atom. The van der Waals surface area contributed by atoms with Gasteiger partial charge in [-0.05, 0) is 18.4 Å². The van der Waals surface area contributed by atoms with Crippen LogP contribution in [0.5, 0.6) is 0 Å². The molecule has 0 atom stereocenters. The fourth-order valence-electron chi connectivity index (χ4n) is 3.79. The number of fused-ring (bicyclic) bond motifs is 1. The molecule has 1 aliphatic rings. The summed E-state index contributed by atoms with van der Waals surface area (Å²) in [5.74, 6) is 1.11. The Kier molecular flexibility index (Phi) is 5.69. The molecule has 0 spiro atoms. The van der Waals surface area contributed by atoms with Crippen LogP contribution in [0.25, 0.3) is 10.8 Å². The topological polar surface area (TPSA) is 53.4 Å². The number of hydrogen-bond donors (Lipinski definition) is 1. The van der Waals surface area contributed by atoms with E-state index in [1.54, 1.807) is 0 Å². The first kappa shape index (κ1) is 18.7. The lowest BCUT2D eigenvalue weighted by molar-refractivity contribution is -0.117. The lowest BCUT2D eigenvalue weighted by Crippen LogP contribution is -2.49. The fourth-order valence-corrected chi connectivity index (χ4v) is 3.79. The van der Waals surface area contributed by atoms with Gasteiger partial charge in [0.05, 0.1) is 6.54 Å². The molecule has 1 aromatic heterocycles. The molecule has 0 aliphatic carbocycles. The number of piperazine rings is 1. The molecule has 1 aliphatic heterocycles. The lowest BCUT2D eigenvalue weighted by atomic mass is 10.1. The average Bonchev–Trinajstić information content (AvgIpc) is 3.12. The largest absolute Gasteiger partial charge is 0.334 e. The van der Waals surface area contributed by atoms with Crippen molar-refractivity contribution < 1.29 is 4.79 Å². The van der Waals surface area contributed by atoms with Gasteiger partial charge in [-0.15, -0.1) is 0 Å². The molecule has 1 fully saturated rings. The third kappa shape index (κ3) is 4.40. The Morgan fingerprint density at radius 3 is 2.54 bits per heavy atom. The van der Waals surface area contributed by atoms with Crippen LogP contribution in [0.2, 0.25) is 0 Å². The first-order chi connectivity index (χ1) is 13.7. The van der Waals surface area contributed by atoms with Gasteiger partial charge in [0, 0.05) is 62.7 Å². The van der Waals surface area contributed by atoms with Gasteiger partial charge in [-0.1, -0.05) is 36.4 Å². The summed E-state index contributed by atoms with van der Waals surface area (Å²) in [5, 5.41) is 5.31. The summed E-state index contributed by atoms with van der Waals surface area (Å²) < 4.78 is 2.18. The average molecular weight is 377 g/mol. The number of aromatic nitrogens is 2. The smallest absolute Gasteiger partial charge is 0.238 e. The summed E-state index contributed by atoms with van der Waals surface area (Å²) in [6, 6.07) is 14.1. The van der Waals surface area contributed by atoms with Crippen LogP contribution in [0.3, 0.4) is 0 Å². The maximum absolute atomic E-state index is 12.5. The Labute approximate surface area is 165 Å². The number of carbonyl (C=O) groups excluding carboxylic acids is 1. The molecule has 0 unspecified atom stereocenters. The molecule has 4 rings (SSSR count). The quantitative estimate of drug-likeness (QED) is 0.717. The van der Waals surface area contributed by atoms with Crippen LogP contribution in [0, 0.1) is 6.92 Å². The van der Waals surface area contributed by atoms with Gasteiger partial charge in [-0.3, -0.25) is 14.6 Å². The van der Waals surface area contributed by atoms with E-state index in [9.17, 15) is 4.79 Å². The summed E-state index contributed by atoms with van der Waals surface area (Å²) >= 11 is 0. The molecule has 6 nitrogen and oxygen atoms in total. The molecule has 6 heteroatoms. The van der Waals surface area contributed by atoms with Crippen LogP contribution >= 0.6 is 0 Å². The van der Waals surface area contributed by atoms with E-state index in [4.69, 9.17) is 0 Å². The maximum Gasteiger partial charge on any atom is 0.238 e. The predicted molar refractivity (Wildman–Crippen MR) is 112 cm³/mol. The van der Waals surface area contributed by atoms with E-state index in [1.165, 1.54) is 0 Å². The van der Waals surface area contributed by atoms with Crippen molar-refractivity contribution in [2.75, 3.05) is 44.6 Å². The summed E-state index contributed by atoms with van der Waals surface area (Å²) in [6.07, 6.45) is 3.88. The zero-order valence-electron chi connectivity index (χ0n) is 16.3. The van der Waals surface area contributed by atoms with Crippen molar-refractivity contribution in [1.29, 1.82) is 0 Å². The summed E-state index contributed by atoms with van der Waals surface area (Å²) in [5.41, 5.74) is 0.887. The van der Waals surface area contributed by atoms with Crippen molar-refractivity contribution in [3.63, 3.8) is 0 Å². The summed E-state index contributed by atoms with van der Waals surface area (Å²) in [7, 11) is 0. The molecule has 3 aromatic rings. The van der Waals surface area contributed by atoms with Gasteiger partial charge in [0.15, 0.2) is 0 Å². The zero-order chi connectivity index (χ0) is 19.3. The van der Waals surface area contributed by atoms with E-state index < -0.39 is 0 Å². The van der Waals surface area contributed by atoms with E-state index in [0.717, 1.165) is 61.6 Å². The third-order valence-corrected chi connectivity index (χ3v) is 5.48. The normalized spacial score (nSPS) is 15.8. The van der Waals surface area contributed by atoms with Gasteiger partial charge in [-0.25, -0.2) is 4.98 Å². The third-order valence-electron chi connectivity index (χ3n) is 5.48. The maximum atomic E-state index is 12.5. The van der Waals surface area contributed by atoms with Crippen molar-refractivity contribution >= 4 is 22.4 Å². The van der Waals surface area contributed by atoms with E-state index in [1.807, 2.05) is 49.6 Å². The van der Waals surface area contributed by atoms with E-state index in [2.05, 4.69) is 36.8 Å². The molecular weight excluding hydrogens is 350 g/mol. The van der Waals surface area contributed by atoms with Crippen molar-refractivity contribution in [1.82, 2.24) is 19.4 Å². The van der Waals surface area contributed by atoms with Crippen LogP contribution in [-0.2, 0) is 11.3 Å². The van der Waals surface area contributed by atoms with E-state index >= 15 is 0 Å². The molecule has 28 heavy (non-hydrogen) atoms. The van der Waals surface area contributed by atoms with Crippen molar-refractivity contribution in [2.24, 2.45) is 0 Å². The van der Waals surface area contributed by atoms with Crippen molar-refractivity contribution in [2.45, 2.75) is 13.5 Å². The highest BCUT2D eigenvalue weighted by Gasteiger charge is 2.19. The van der Waals surface area contributed by atoms with Gasteiger partial charge in [0.25, 0.3) is 0 Å². The second-order valence-electron chi connectivity index (χ2n) is 7.36. The molecule has 1 saturated heterocycles. The number of nitrogens with one attached hydrogen (secondary N) is 1. The van der Waals surface area contributed by atoms with Crippen LogP contribution < -0.4 is 5.32 Å². The first-order valence-electron chi connectivity index (χ1n) is 9.89. The Balaban J connectivity index is 1.25. The van der Waals surface area contributed by atoms with Gasteiger partial charge >= 0.3 is 0 Å². The van der Waals surface area contributed by atoms with Crippen LogP contribution in [0.1, 0.15) is 5.82 Å². The molecule has 146 valence electrons. The number of imidazole rings is 1. The highest BCUT2D eigenvalue weighted by molar-refractivity contribution is 6.02. The number of aryl methyl sites for hydroxylation is 1. The highest BCUT2D eigenvalue weighted by atomic mass is 16.2. The number of nitrogens with zero attached hydrogens (tertiary/aromatic N) is 4. The molecule has 1 N–H and O–H groups in total. The Hall–Kier alpha value is -2.70. The minimum Gasteiger partial charge on any atom is -0.334 e. The second kappa shape index (κ2) is 8.54. The minimum atomic E-state index is 0.0545. The minimum absolute atomic E-state index is 0.0545. The number of amides is 1. The monoisotopic (exact) mass is 377 g/mol. The standard InChI is InChI=1S/C22H27N5O/c1-18-23-9-10-27(18)16-15-25-11-13-26(14-12-25)17-22(28)24-21-8-4-6-19-5-2-3-7-20(19)21/h2-10H,11-17H2,1H3,(H,24,28). The molecule has 2 aromatic carbocycles. The van der Waals surface area contributed by atoms with Crippen LogP contribution in [0.4, 0.5) is 5.69 Å². The van der Waals surface area contributed by atoms with E-state index in [-0.39, 0.29) is 5.91 Å². The number of hydrogen-bond acceptors (Lipinski definition) is 4. The summed E-state index contributed by atoms with van der Waals surface area (Å²) in [4.78, 5) is 21.5. The molecule has 1 amide bonds. The molecule has 2 heterocycles. The Morgan fingerprint density at radius 2 is 1.75 bits per heavy atom. The Bertz CT molecular complexity index is 938. The van der Waals surface area contributed by atoms with Gasteiger partial charge in [0.1, 0.15) is 5.82 Å². The molecular formula is C22H27N5O. The fraction of sp³-hybridized carbons (Fsp3) is 0.364. The van der Waals surface area contributed by atoms with Crippen LogP contribution in [0.15, 0.2) is 54.9 Å². The lowest BCUT2D eigenvalue weighted by Gasteiger charge is -2.34. The molecule has 0 saturated carbocycles. The highest BCUT2D eigenvalue weighted by Crippen LogP contribution is 2.22. The van der Waals surface area contributed by atoms with E-state index in [0.29, 0.717) is 6.54 Å². The molecule has 0 radical (unpaired) electrons. The van der Waals surface area contributed by atoms with Crippen molar-refractivity contribution in [3.8, 4) is 0 Å². The predicted octanol–water partition coefficient (Wildman–Crippen LogP) is 2.60. The number of carbonyl (C=O) groups is 1. The second-order valence-corrected chi connectivity index (χ2v) is 7.36. The SMILES string of the molecule is Cc1nccn1CCN1CCN(CC(=O)Nc2cccc3ccccc23)CC1. The van der Waals surface area contributed by atoms with Crippen molar-refractivity contribution in [3.05, 3.63) is 60.7 Å². The van der Waals surface area contributed by atoms with Crippen LogP contribution in [-0.4, -0.2) is 64.5 Å². The number of anilines is 1. The van der Waals surface area contributed by atoms with Gasteiger partial charge < -0.3 is 9.88 Å². The van der Waals surface area contributed by atoms with Gasteiger partial charge in [0.2, 0.25) is 5.91 Å². The summed E-state index contributed by atoms with van der Waals surface area (Å²) in [6.45, 7) is 8.30. The number of rotatable bonds is 6. The van der Waals surface area contributed by atoms with Gasteiger partial charge in [-0.2, -0.15) is 0 Å². The first-order valence-corrected chi connectivity index (χ1v) is 9.89. The zero-order valence-corrected chi connectivity index (χ0v) is 16.3. The number of benzene rings is 2. The molecule has 0 bridgehead atoms.